The summed E-state index contributed by atoms with van der Waals surface area (Å²) >= 11 is 3.39. The third-order valence-electron chi connectivity index (χ3n) is 1.73. The van der Waals surface area contributed by atoms with Gasteiger partial charge in [-0.05, 0) is 40.5 Å². The molecule has 3 heteroatoms. The Morgan fingerprint density at radius 1 is 1.64 bits per heavy atom. The van der Waals surface area contributed by atoms with Crippen molar-refractivity contribution in [1.29, 1.82) is 0 Å². The van der Waals surface area contributed by atoms with Gasteiger partial charge >= 0.3 is 0 Å². The fraction of sp³-hybridized carbons (Fsp3) is 0.182. The number of aryl methyl sites for hydroxylation is 1. The number of amides is 1. The molecule has 0 aliphatic carbocycles. The van der Waals surface area contributed by atoms with E-state index in [4.69, 9.17) is 0 Å². The lowest BCUT2D eigenvalue weighted by Gasteiger charge is -2.06. The molecule has 0 saturated carbocycles. The first-order chi connectivity index (χ1) is 6.63. The van der Waals surface area contributed by atoms with Crippen LogP contribution in [0.1, 0.15) is 12.0 Å². The summed E-state index contributed by atoms with van der Waals surface area (Å²) in [7, 11) is 0. The van der Waals surface area contributed by atoms with Crippen molar-refractivity contribution in [3.05, 3.63) is 40.9 Å². The van der Waals surface area contributed by atoms with Crippen LogP contribution in [0.5, 0.6) is 0 Å². The Morgan fingerprint density at radius 2 is 2.36 bits per heavy atom. The molecule has 0 bridgehead atoms. The van der Waals surface area contributed by atoms with E-state index in [1.54, 1.807) is 6.08 Å². The van der Waals surface area contributed by atoms with Crippen LogP contribution in [0.4, 0.5) is 5.69 Å². The van der Waals surface area contributed by atoms with Crippen LogP contribution in [0.3, 0.4) is 0 Å². The molecule has 1 aromatic rings. The number of halogens is 1. The number of rotatable bonds is 3. The predicted octanol–water partition coefficient (Wildman–Crippen LogP) is 3.27. The second kappa shape index (κ2) is 4.96. The summed E-state index contributed by atoms with van der Waals surface area (Å²) in [5.74, 6) is -0.0513. The summed E-state index contributed by atoms with van der Waals surface area (Å²) in [5, 5.41) is 2.78. The zero-order valence-corrected chi connectivity index (χ0v) is 9.60. The highest BCUT2D eigenvalue weighted by Crippen LogP contribution is 2.23. The number of anilines is 1. The molecule has 0 heterocycles. The SMILES string of the molecule is C=CCC(=O)Nc1ccc(C)cc1Br. The van der Waals surface area contributed by atoms with Gasteiger partial charge in [-0.15, -0.1) is 6.58 Å². The number of carbonyl (C=O) groups excluding carboxylic acids is 1. The molecule has 74 valence electrons. The lowest BCUT2D eigenvalue weighted by atomic mass is 10.2. The number of benzene rings is 1. The van der Waals surface area contributed by atoms with Crippen LogP contribution in [0.15, 0.2) is 35.3 Å². The quantitative estimate of drug-likeness (QED) is 0.824. The molecule has 0 radical (unpaired) electrons. The van der Waals surface area contributed by atoms with Crippen molar-refractivity contribution < 1.29 is 4.79 Å². The van der Waals surface area contributed by atoms with Crippen molar-refractivity contribution in [3.8, 4) is 0 Å². The summed E-state index contributed by atoms with van der Waals surface area (Å²) in [6, 6.07) is 5.79. The first kappa shape index (κ1) is 11.0. The summed E-state index contributed by atoms with van der Waals surface area (Å²) < 4.78 is 0.898. The minimum absolute atomic E-state index is 0.0513. The Bertz CT molecular complexity index is 360. The number of nitrogens with one attached hydrogen (secondary N) is 1. The molecule has 14 heavy (non-hydrogen) atoms. The molecule has 0 fully saturated rings. The molecule has 0 atom stereocenters. The van der Waals surface area contributed by atoms with Crippen LogP contribution in [-0.2, 0) is 4.79 Å². The summed E-state index contributed by atoms with van der Waals surface area (Å²) in [4.78, 5) is 11.2. The Labute approximate surface area is 92.1 Å². The molecule has 2 nitrogen and oxygen atoms in total. The third-order valence-corrected chi connectivity index (χ3v) is 2.38. The van der Waals surface area contributed by atoms with Gasteiger partial charge in [0.2, 0.25) is 5.91 Å². The summed E-state index contributed by atoms with van der Waals surface area (Å²) in [5.41, 5.74) is 1.95. The van der Waals surface area contributed by atoms with E-state index in [2.05, 4.69) is 27.8 Å². The molecule has 0 saturated heterocycles. The maximum Gasteiger partial charge on any atom is 0.228 e. The normalized spacial score (nSPS) is 9.57. The number of carbonyl (C=O) groups is 1. The van der Waals surface area contributed by atoms with Gasteiger partial charge in [0.25, 0.3) is 0 Å². The molecular weight excluding hydrogens is 242 g/mol. The van der Waals surface area contributed by atoms with Crippen LogP contribution < -0.4 is 5.32 Å². The van der Waals surface area contributed by atoms with Crippen molar-refractivity contribution in [2.45, 2.75) is 13.3 Å². The van der Waals surface area contributed by atoms with E-state index in [1.807, 2.05) is 25.1 Å². The molecular formula is C11H12BrNO. The van der Waals surface area contributed by atoms with Gasteiger partial charge in [0.1, 0.15) is 0 Å². The Hall–Kier alpha value is -1.09. The van der Waals surface area contributed by atoms with Gasteiger partial charge < -0.3 is 5.32 Å². The zero-order valence-electron chi connectivity index (χ0n) is 8.01. The first-order valence-electron chi connectivity index (χ1n) is 4.30. The molecule has 0 aromatic heterocycles. The van der Waals surface area contributed by atoms with Crippen molar-refractivity contribution in [1.82, 2.24) is 0 Å². The average Bonchev–Trinajstić information content (AvgIpc) is 2.10. The Kier molecular flexibility index (Phi) is 3.89. The van der Waals surface area contributed by atoms with Crippen molar-refractivity contribution in [2.24, 2.45) is 0 Å². The van der Waals surface area contributed by atoms with Crippen LogP contribution >= 0.6 is 15.9 Å². The van der Waals surface area contributed by atoms with Gasteiger partial charge in [-0.1, -0.05) is 12.1 Å². The highest BCUT2D eigenvalue weighted by Gasteiger charge is 2.03. The molecule has 0 aliphatic rings. The number of hydrogen-bond donors (Lipinski definition) is 1. The fourth-order valence-electron chi connectivity index (χ4n) is 1.05. The standard InChI is InChI=1S/C11H12BrNO/c1-3-4-11(14)13-10-6-5-8(2)7-9(10)12/h3,5-7H,1,4H2,2H3,(H,13,14). The molecule has 1 aromatic carbocycles. The smallest absolute Gasteiger partial charge is 0.228 e. The lowest BCUT2D eigenvalue weighted by Crippen LogP contribution is -2.10. The van der Waals surface area contributed by atoms with Gasteiger partial charge in [0, 0.05) is 10.9 Å². The van der Waals surface area contributed by atoms with E-state index in [0.29, 0.717) is 6.42 Å². The van der Waals surface area contributed by atoms with Gasteiger partial charge in [-0.2, -0.15) is 0 Å². The largest absolute Gasteiger partial charge is 0.325 e. The van der Waals surface area contributed by atoms with E-state index >= 15 is 0 Å². The second-order valence-corrected chi connectivity index (χ2v) is 3.88. The maximum absolute atomic E-state index is 11.2. The number of hydrogen-bond acceptors (Lipinski definition) is 1. The Morgan fingerprint density at radius 3 is 2.93 bits per heavy atom. The van der Waals surface area contributed by atoms with Crippen LogP contribution in [0.25, 0.3) is 0 Å². The van der Waals surface area contributed by atoms with Crippen LogP contribution in [0, 0.1) is 6.92 Å². The molecule has 0 aliphatic heterocycles. The Balaban J connectivity index is 2.76. The van der Waals surface area contributed by atoms with E-state index in [0.717, 1.165) is 15.7 Å². The van der Waals surface area contributed by atoms with E-state index in [9.17, 15) is 4.79 Å². The first-order valence-corrected chi connectivity index (χ1v) is 5.09. The second-order valence-electron chi connectivity index (χ2n) is 3.02. The highest BCUT2D eigenvalue weighted by atomic mass is 79.9. The fourth-order valence-corrected chi connectivity index (χ4v) is 1.65. The van der Waals surface area contributed by atoms with E-state index < -0.39 is 0 Å². The van der Waals surface area contributed by atoms with Crippen molar-refractivity contribution in [2.75, 3.05) is 5.32 Å². The molecule has 1 amide bonds. The average molecular weight is 254 g/mol. The van der Waals surface area contributed by atoms with Gasteiger partial charge in [0.05, 0.1) is 5.69 Å². The molecule has 0 unspecified atom stereocenters. The lowest BCUT2D eigenvalue weighted by molar-refractivity contribution is -0.115. The minimum atomic E-state index is -0.0513. The van der Waals surface area contributed by atoms with E-state index in [1.165, 1.54) is 0 Å². The van der Waals surface area contributed by atoms with E-state index in [-0.39, 0.29) is 5.91 Å². The van der Waals surface area contributed by atoms with Crippen molar-refractivity contribution in [3.63, 3.8) is 0 Å². The van der Waals surface area contributed by atoms with Gasteiger partial charge in [0.15, 0.2) is 0 Å². The highest BCUT2D eigenvalue weighted by molar-refractivity contribution is 9.10. The van der Waals surface area contributed by atoms with Crippen LogP contribution in [0.2, 0.25) is 0 Å². The predicted molar refractivity (Wildman–Crippen MR) is 62.3 cm³/mol. The monoisotopic (exact) mass is 253 g/mol. The zero-order chi connectivity index (χ0) is 10.6. The topological polar surface area (TPSA) is 29.1 Å². The summed E-state index contributed by atoms with van der Waals surface area (Å²) in [6.07, 6.45) is 1.91. The molecule has 0 spiro atoms. The van der Waals surface area contributed by atoms with Crippen LogP contribution in [-0.4, -0.2) is 5.91 Å². The molecule has 1 rings (SSSR count). The van der Waals surface area contributed by atoms with Crippen molar-refractivity contribution >= 4 is 27.5 Å². The van der Waals surface area contributed by atoms with Gasteiger partial charge in [-0.3, -0.25) is 4.79 Å². The third kappa shape index (κ3) is 3.00. The van der Waals surface area contributed by atoms with Gasteiger partial charge in [-0.25, -0.2) is 0 Å². The minimum Gasteiger partial charge on any atom is -0.325 e. The maximum atomic E-state index is 11.2. The molecule has 1 N–H and O–H groups in total. The summed E-state index contributed by atoms with van der Waals surface area (Å²) in [6.45, 7) is 5.51.